The molecule has 0 radical (unpaired) electrons. The van der Waals surface area contributed by atoms with Gasteiger partial charge in [0.25, 0.3) is 17.7 Å². The molecule has 4 amide bonds. The molecule has 3 heterocycles. The smallest absolute Gasteiger partial charge is 0.434 e. The third-order valence-electron chi connectivity index (χ3n) is 6.67. The predicted octanol–water partition coefficient (Wildman–Crippen LogP) is 3.19. The average Bonchev–Trinajstić information content (AvgIpc) is 3.44. The lowest BCUT2D eigenvalue weighted by molar-refractivity contribution is 0.0640. The fourth-order valence-corrected chi connectivity index (χ4v) is 4.76. The molecule has 0 saturated heterocycles. The summed E-state index contributed by atoms with van der Waals surface area (Å²) in [6.07, 6.45) is -2.67. The average molecular weight is 503 g/mol. The maximum Gasteiger partial charge on any atom is 0.434 e. The quantitative estimate of drug-likeness (QED) is 0.457. The van der Waals surface area contributed by atoms with Gasteiger partial charge in [-0.15, -0.1) is 4.68 Å². The van der Waals surface area contributed by atoms with Crippen LogP contribution in [0.1, 0.15) is 61.7 Å². The Labute approximate surface area is 209 Å². The van der Waals surface area contributed by atoms with E-state index in [-0.39, 0.29) is 46.9 Å². The lowest BCUT2D eigenvalue weighted by Crippen LogP contribution is -2.40. The molecule has 0 fully saturated rings. The molecule has 3 aromatic rings. The Bertz CT molecular complexity index is 1490. The predicted molar refractivity (Wildman–Crippen MR) is 127 cm³/mol. The number of amides is 4. The molecule has 0 bridgehead atoms. The van der Waals surface area contributed by atoms with Crippen molar-refractivity contribution in [1.29, 1.82) is 0 Å². The first-order valence-electron chi connectivity index (χ1n) is 11.2. The zero-order chi connectivity index (χ0) is 26.6. The summed E-state index contributed by atoms with van der Waals surface area (Å²) in [5, 5.41) is 25.9. The summed E-state index contributed by atoms with van der Waals surface area (Å²) < 4.78 is 0.607. The molecule has 2 aliphatic heterocycles. The Hall–Kier alpha value is -5.00. The summed E-state index contributed by atoms with van der Waals surface area (Å²) in [6, 6.07) is 12.8. The van der Waals surface area contributed by atoms with Crippen LogP contribution in [0.2, 0.25) is 0 Å². The van der Waals surface area contributed by atoms with Gasteiger partial charge in [-0.25, -0.2) is 9.59 Å². The fraction of sp³-hybridized carbons (Fsp3) is 0.200. The maximum atomic E-state index is 13.4. The van der Waals surface area contributed by atoms with Crippen LogP contribution in [-0.4, -0.2) is 59.7 Å². The third-order valence-corrected chi connectivity index (χ3v) is 6.67. The zero-order valence-corrected chi connectivity index (χ0v) is 19.8. The van der Waals surface area contributed by atoms with Crippen molar-refractivity contribution in [3.8, 4) is 0 Å². The van der Waals surface area contributed by atoms with Crippen molar-refractivity contribution in [1.82, 2.24) is 19.6 Å². The summed E-state index contributed by atoms with van der Waals surface area (Å²) >= 11 is 0. The van der Waals surface area contributed by atoms with Crippen LogP contribution in [-0.2, 0) is 18.6 Å². The minimum absolute atomic E-state index is 0.110. The van der Waals surface area contributed by atoms with E-state index in [4.69, 9.17) is 0 Å². The number of carboxylic acid groups (broad SMARTS) is 2. The van der Waals surface area contributed by atoms with Crippen molar-refractivity contribution in [3.05, 3.63) is 82.0 Å². The summed E-state index contributed by atoms with van der Waals surface area (Å²) in [5.41, 5.74) is 0.387. The highest BCUT2D eigenvalue weighted by molar-refractivity contribution is 6.21. The van der Waals surface area contributed by atoms with Crippen LogP contribution in [0.25, 0.3) is 0 Å². The molecule has 2 aliphatic rings. The molecule has 2 aromatic carbocycles. The van der Waals surface area contributed by atoms with Gasteiger partial charge >= 0.3 is 12.2 Å². The van der Waals surface area contributed by atoms with Gasteiger partial charge in [0.15, 0.2) is 0 Å². The highest BCUT2D eigenvalue weighted by Gasteiger charge is 2.46. The molecule has 12 nitrogen and oxygen atoms in total. The number of imide groups is 1. The Balaban J connectivity index is 1.47. The van der Waals surface area contributed by atoms with E-state index in [1.165, 1.54) is 6.07 Å². The van der Waals surface area contributed by atoms with E-state index in [2.05, 4.69) is 10.4 Å². The number of benzene rings is 2. The number of carbonyl (C=O) groups excluding carboxylic acids is 3. The van der Waals surface area contributed by atoms with Crippen molar-refractivity contribution in [2.45, 2.75) is 32.5 Å². The fourth-order valence-electron chi connectivity index (χ4n) is 4.76. The molecule has 3 N–H and O–H groups in total. The van der Waals surface area contributed by atoms with E-state index in [1.807, 2.05) is 0 Å². The standard InChI is InChI=1S/C25H21N5O7/c1-25(2)18-17(12-29(25)23(34)35)19(30(27-18)24(36)37)26-20(31)14-8-4-3-7-13(14)11-28-21(32)15-9-5-6-10-16(15)22(28)33/h3-10H,11-12H2,1-2H3,(H,26,31)(H,34,35)(H,36,37). The number of nitrogens with one attached hydrogen (secondary N) is 1. The van der Waals surface area contributed by atoms with Crippen molar-refractivity contribution < 1.29 is 34.2 Å². The van der Waals surface area contributed by atoms with Gasteiger partial charge in [-0.05, 0) is 37.6 Å². The van der Waals surface area contributed by atoms with Crippen LogP contribution in [0.5, 0.6) is 0 Å². The Morgan fingerprint density at radius 2 is 1.54 bits per heavy atom. The second kappa shape index (κ2) is 8.29. The number of hydrogen-bond donors (Lipinski definition) is 3. The summed E-state index contributed by atoms with van der Waals surface area (Å²) in [5.74, 6) is -1.83. The molecule has 12 heteroatoms. The number of rotatable bonds is 4. The van der Waals surface area contributed by atoms with E-state index >= 15 is 0 Å². The minimum Gasteiger partial charge on any atom is -0.465 e. The Morgan fingerprint density at radius 3 is 2.14 bits per heavy atom. The van der Waals surface area contributed by atoms with Gasteiger partial charge in [-0.1, -0.05) is 30.3 Å². The van der Waals surface area contributed by atoms with Crippen LogP contribution in [0.3, 0.4) is 0 Å². The van der Waals surface area contributed by atoms with Gasteiger partial charge in [-0.2, -0.15) is 5.10 Å². The van der Waals surface area contributed by atoms with Crippen molar-refractivity contribution in [2.75, 3.05) is 5.32 Å². The van der Waals surface area contributed by atoms with E-state index in [0.29, 0.717) is 10.2 Å². The maximum absolute atomic E-state index is 13.4. The molecule has 0 unspecified atom stereocenters. The van der Waals surface area contributed by atoms with Gasteiger partial charge in [0.1, 0.15) is 5.82 Å². The van der Waals surface area contributed by atoms with Gasteiger partial charge in [0.2, 0.25) is 0 Å². The van der Waals surface area contributed by atoms with Crippen LogP contribution in [0.15, 0.2) is 48.5 Å². The third kappa shape index (κ3) is 3.61. The van der Waals surface area contributed by atoms with E-state index in [9.17, 15) is 34.2 Å². The lowest BCUT2D eigenvalue weighted by Gasteiger charge is -2.28. The molecule has 37 heavy (non-hydrogen) atoms. The topological polar surface area (TPSA) is 162 Å². The Morgan fingerprint density at radius 1 is 0.946 bits per heavy atom. The van der Waals surface area contributed by atoms with E-state index in [1.54, 1.807) is 56.3 Å². The molecule has 188 valence electrons. The molecule has 5 rings (SSSR count). The summed E-state index contributed by atoms with van der Waals surface area (Å²) in [6.45, 7) is 2.84. The monoisotopic (exact) mass is 503 g/mol. The second-order valence-electron chi connectivity index (χ2n) is 9.15. The molecular weight excluding hydrogens is 482 g/mol. The largest absolute Gasteiger partial charge is 0.465 e. The Kier molecular flexibility index (Phi) is 5.32. The summed E-state index contributed by atoms with van der Waals surface area (Å²) in [4.78, 5) is 64.8. The number of aromatic nitrogens is 2. The number of nitrogens with zero attached hydrogens (tertiary/aromatic N) is 4. The first kappa shape index (κ1) is 23.7. The molecular formula is C25H21N5O7. The van der Waals surface area contributed by atoms with Crippen LogP contribution in [0, 0.1) is 0 Å². The lowest BCUT2D eigenvalue weighted by atomic mass is 10.0. The highest BCUT2D eigenvalue weighted by atomic mass is 16.4. The molecule has 0 aliphatic carbocycles. The van der Waals surface area contributed by atoms with Gasteiger partial charge in [0.05, 0.1) is 35.4 Å². The molecule has 0 atom stereocenters. The number of fused-ring (bicyclic) bond motifs is 2. The number of hydrogen-bond acceptors (Lipinski definition) is 6. The SMILES string of the molecule is CC1(C)c2nn(C(=O)O)c(NC(=O)c3ccccc3CN3C(=O)c4ccccc4C3=O)c2CN1C(=O)O. The van der Waals surface area contributed by atoms with Gasteiger partial charge in [-0.3, -0.25) is 24.2 Å². The van der Waals surface area contributed by atoms with Crippen molar-refractivity contribution in [2.24, 2.45) is 0 Å². The second-order valence-corrected chi connectivity index (χ2v) is 9.15. The van der Waals surface area contributed by atoms with Crippen molar-refractivity contribution >= 4 is 35.7 Å². The molecule has 1 aromatic heterocycles. The van der Waals surface area contributed by atoms with Crippen molar-refractivity contribution in [3.63, 3.8) is 0 Å². The first-order chi connectivity index (χ1) is 17.5. The first-order valence-corrected chi connectivity index (χ1v) is 11.2. The number of carbonyl (C=O) groups is 5. The molecule has 0 spiro atoms. The minimum atomic E-state index is -1.46. The van der Waals surface area contributed by atoms with Crippen LogP contribution < -0.4 is 5.32 Å². The van der Waals surface area contributed by atoms with Crippen LogP contribution >= 0.6 is 0 Å². The van der Waals surface area contributed by atoms with Gasteiger partial charge < -0.3 is 15.5 Å². The molecule has 0 saturated carbocycles. The zero-order valence-electron chi connectivity index (χ0n) is 19.8. The normalized spacial score (nSPS) is 15.5. The van der Waals surface area contributed by atoms with Gasteiger partial charge in [0, 0.05) is 11.1 Å². The highest BCUT2D eigenvalue weighted by Crippen LogP contribution is 2.41. The summed E-state index contributed by atoms with van der Waals surface area (Å²) in [7, 11) is 0. The van der Waals surface area contributed by atoms with E-state index < -0.39 is 35.4 Å². The number of anilines is 1. The van der Waals surface area contributed by atoms with E-state index in [0.717, 1.165) is 9.80 Å². The van der Waals surface area contributed by atoms with Crippen LogP contribution in [0.4, 0.5) is 15.4 Å².